The molecule has 0 fully saturated rings. The van der Waals surface area contributed by atoms with Gasteiger partial charge in [0.1, 0.15) is 5.75 Å². The van der Waals surface area contributed by atoms with Gasteiger partial charge < -0.3 is 15.2 Å². The molecule has 4 heteroatoms. The third-order valence-corrected chi connectivity index (χ3v) is 1.98. The average Bonchev–Trinajstić information content (AvgIpc) is 2.28. The number of ether oxygens (including phenoxy) is 2. The summed E-state index contributed by atoms with van der Waals surface area (Å²) in [5, 5.41) is 0. The summed E-state index contributed by atoms with van der Waals surface area (Å²) in [4.78, 5) is 11.1. The molecule has 1 aromatic rings. The summed E-state index contributed by atoms with van der Waals surface area (Å²) >= 11 is 0. The van der Waals surface area contributed by atoms with Gasteiger partial charge in [-0.15, -0.1) is 0 Å². The van der Waals surface area contributed by atoms with Crippen LogP contribution in [0, 0.1) is 0 Å². The molecule has 0 spiro atoms. The fourth-order valence-electron chi connectivity index (χ4n) is 1.16. The Morgan fingerprint density at radius 2 is 2.27 bits per heavy atom. The summed E-state index contributed by atoms with van der Waals surface area (Å²) in [6, 6.07) is 7.31. The number of carbonyl (C=O) groups excluding carboxylic acids is 1. The smallest absolute Gasteiger partial charge is 0.346 e. The van der Waals surface area contributed by atoms with Gasteiger partial charge >= 0.3 is 5.97 Å². The Morgan fingerprint density at radius 1 is 1.53 bits per heavy atom. The predicted octanol–water partition coefficient (Wildman–Crippen LogP) is 1.09. The Bertz CT molecular complexity index is 338. The van der Waals surface area contributed by atoms with Crippen LogP contribution in [-0.2, 0) is 16.1 Å². The molecule has 4 nitrogen and oxygen atoms in total. The molecule has 0 heterocycles. The Hall–Kier alpha value is -1.55. The molecule has 1 rings (SSSR count). The van der Waals surface area contributed by atoms with E-state index in [1.54, 1.807) is 19.1 Å². The maximum atomic E-state index is 11.1. The topological polar surface area (TPSA) is 61.5 Å². The van der Waals surface area contributed by atoms with Crippen molar-refractivity contribution in [2.24, 2.45) is 5.73 Å². The van der Waals surface area contributed by atoms with Crippen LogP contribution in [0.1, 0.15) is 12.5 Å². The van der Waals surface area contributed by atoms with Crippen LogP contribution in [0.25, 0.3) is 0 Å². The van der Waals surface area contributed by atoms with Crippen molar-refractivity contribution in [3.05, 3.63) is 29.8 Å². The maximum Gasteiger partial charge on any atom is 0.346 e. The van der Waals surface area contributed by atoms with Gasteiger partial charge in [0.25, 0.3) is 0 Å². The number of hydrogen-bond acceptors (Lipinski definition) is 4. The highest BCUT2D eigenvalue weighted by Crippen LogP contribution is 2.14. The van der Waals surface area contributed by atoms with Crippen molar-refractivity contribution in [2.45, 2.75) is 19.6 Å². The van der Waals surface area contributed by atoms with Gasteiger partial charge in [0.15, 0.2) is 6.10 Å². The molecule has 0 bridgehead atoms. The second-order valence-electron chi connectivity index (χ2n) is 3.13. The standard InChI is InChI=1S/C11H15NO3/c1-8(11(13)14-2)15-10-5-3-4-9(6-10)7-12/h3-6,8H,7,12H2,1-2H3/t8-/m0/s1. The van der Waals surface area contributed by atoms with Gasteiger partial charge in [-0.05, 0) is 24.6 Å². The zero-order chi connectivity index (χ0) is 11.3. The lowest BCUT2D eigenvalue weighted by molar-refractivity contribution is -0.147. The molecular weight excluding hydrogens is 194 g/mol. The van der Waals surface area contributed by atoms with Crippen molar-refractivity contribution < 1.29 is 14.3 Å². The highest BCUT2D eigenvalue weighted by Gasteiger charge is 2.14. The lowest BCUT2D eigenvalue weighted by Crippen LogP contribution is -2.24. The van der Waals surface area contributed by atoms with Crippen molar-refractivity contribution in [1.29, 1.82) is 0 Å². The molecule has 15 heavy (non-hydrogen) atoms. The third kappa shape index (κ3) is 3.25. The molecule has 0 amide bonds. The third-order valence-electron chi connectivity index (χ3n) is 1.98. The van der Waals surface area contributed by atoms with Gasteiger partial charge in [0.05, 0.1) is 7.11 Å². The van der Waals surface area contributed by atoms with Crippen molar-refractivity contribution in [3.63, 3.8) is 0 Å². The number of rotatable bonds is 4. The fourth-order valence-corrected chi connectivity index (χ4v) is 1.16. The summed E-state index contributed by atoms with van der Waals surface area (Å²) in [6.45, 7) is 2.09. The van der Waals surface area contributed by atoms with Crippen LogP contribution in [-0.4, -0.2) is 19.2 Å². The molecule has 0 saturated heterocycles. The van der Waals surface area contributed by atoms with Crippen LogP contribution in [0.5, 0.6) is 5.75 Å². The van der Waals surface area contributed by atoms with Crippen molar-refractivity contribution in [1.82, 2.24) is 0 Å². The van der Waals surface area contributed by atoms with Crippen LogP contribution in [0.15, 0.2) is 24.3 Å². The largest absolute Gasteiger partial charge is 0.479 e. The number of esters is 1. The van der Waals surface area contributed by atoms with Gasteiger partial charge in [-0.2, -0.15) is 0 Å². The Labute approximate surface area is 89.0 Å². The minimum absolute atomic E-state index is 0.395. The maximum absolute atomic E-state index is 11.1. The molecule has 2 N–H and O–H groups in total. The lowest BCUT2D eigenvalue weighted by atomic mass is 10.2. The van der Waals surface area contributed by atoms with Crippen LogP contribution in [0.4, 0.5) is 0 Å². The monoisotopic (exact) mass is 209 g/mol. The summed E-state index contributed by atoms with van der Waals surface area (Å²) in [5.41, 5.74) is 6.45. The molecular formula is C11H15NO3. The zero-order valence-electron chi connectivity index (χ0n) is 8.90. The lowest BCUT2D eigenvalue weighted by Gasteiger charge is -2.12. The molecule has 0 unspecified atom stereocenters. The van der Waals surface area contributed by atoms with Gasteiger partial charge in [-0.1, -0.05) is 12.1 Å². The van der Waals surface area contributed by atoms with Gasteiger partial charge in [0, 0.05) is 6.54 Å². The molecule has 0 radical (unpaired) electrons. The molecule has 0 aliphatic rings. The molecule has 0 saturated carbocycles. The van der Waals surface area contributed by atoms with E-state index in [0.29, 0.717) is 12.3 Å². The van der Waals surface area contributed by atoms with Crippen molar-refractivity contribution in [3.8, 4) is 5.75 Å². The fraction of sp³-hybridized carbons (Fsp3) is 0.364. The quantitative estimate of drug-likeness (QED) is 0.754. The van der Waals surface area contributed by atoms with Crippen molar-refractivity contribution in [2.75, 3.05) is 7.11 Å². The molecule has 1 aromatic carbocycles. The number of carbonyl (C=O) groups is 1. The van der Waals surface area contributed by atoms with Gasteiger partial charge in [-0.25, -0.2) is 4.79 Å². The molecule has 82 valence electrons. The SMILES string of the molecule is COC(=O)[C@H](C)Oc1cccc(CN)c1. The van der Waals surface area contributed by atoms with E-state index in [1.807, 2.05) is 12.1 Å². The molecule has 1 atom stereocenters. The van der Waals surface area contributed by atoms with E-state index < -0.39 is 12.1 Å². The first-order valence-electron chi connectivity index (χ1n) is 4.71. The number of methoxy groups -OCH3 is 1. The number of nitrogens with two attached hydrogens (primary N) is 1. The zero-order valence-corrected chi connectivity index (χ0v) is 8.90. The number of benzene rings is 1. The Balaban J connectivity index is 2.67. The van der Waals surface area contributed by atoms with Gasteiger partial charge in [0.2, 0.25) is 0 Å². The van der Waals surface area contributed by atoms with Crippen LogP contribution >= 0.6 is 0 Å². The molecule has 0 aromatic heterocycles. The van der Waals surface area contributed by atoms with Crippen LogP contribution in [0.2, 0.25) is 0 Å². The van der Waals surface area contributed by atoms with E-state index in [2.05, 4.69) is 4.74 Å². The summed E-state index contributed by atoms with van der Waals surface area (Å²) in [7, 11) is 1.33. The van der Waals surface area contributed by atoms with E-state index in [-0.39, 0.29) is 0 Å². The first kappa shape index (κ1) is 11.5. The van der Waals surface area contributed by atoms with Crippen molar-refractivity contribution >= 4 is 5.97 Å². The minimum Gasteiger partial charge on any atom is -0.479 e. The van der Waals surface area contributed by atoms with Crippen LogP contribution < -0.4 is 10.5 Å². The second-order valence-corrected chi connectivity index (χ2v) is 3.13. The van der Waals surface area contributed by atoms with Gasteiger partial charge in [-0.3, -0.25) is 0 Å². The first-order chi connectivity index (χ1) is 7.17. The average molecular weight is 209 g/mol. The van der Waals surface area contributed by atoms with Crippen LogP contribution in [0.3, 0.4) is 0 Å². The summed E-state index contributed by atoms with van der Waals surface area (Å²) in [5.74, 6) is 0.226. The second kappa shape index (κ2) is 5.36. The predicted molar refractivity (Wildman–Crippen MR) is 56.4 cm³/mol. The summed E-state index contributed by atoms with van der Waals surface area (Å²) in [6.07, 6.45) is -0.608. The number of hydrogen-bond donors (Lipinski definition) is 1. The first-order valence-corrected chi connectivity index (χ1v) is 4.71. The normalized spacial score (nSPS) is 11.9. The van der Waals surface area contributed by atoms with E-state index in [9.17, 15) is 4.79 Å². The van der Waals surface area contributed by atoms with E-state index >= 15 is 0 Å². The minimum atomic E-state index is -0.608. The molecule has 0 aliphatic heterocycles. The Kier molecular flexibility index (Phi) is 4.12. The Morgan fingerprint density at radius 3 is 2.87 bits per heavy atom. The van der Waals surface area contributed by atoms with E-state index in [0.717, 1.165) is 5.56 Å². The summed E-state index contributed by atoms with van der Waals surface area (Å²) < 4.78 is 9.93. The van der Waals surface area contributed by atoms with E-state index in [4.69, 9.17) is 10.5 Å². The highest BCUT2D eigenvalue weighted by atomic mass is 16.6. The molecule has 0 aliphatic carbocycles. The van der Waals surface area contributed by atoms with E-state index in [1.165, 1.54) is 7.11 Å². The highest BCUT2D eigenvalue weighted by molar-refractivity contribution is 5.74.